The van der Waals surface area contributed by atoms with Crippen molar-refractivity contribution in [3.8, 4) is 0 Å². The molecule has 1 rings (SSSR count). The predicted octanol–water partition coefficient (Wildman–Crippen LogP) is 2.72. The Morgan fingerprint density at radius 1 is 1.08 bits per heavy atom. The van der Waals surface area contributed by atoms with Gasteiger partial charge in [-0.3, -0.25) is 0 Å². The summed E-state index contributed by atoms with van der Waals surface area (Å²) in [5.74, 6) is 1.09. The standard InChI is InChI=1S/C9H19BO2S/c1-6-7-13-10-11-8(2,3)9(4,5)12-10/h6-7H2,1-5H3. The molecule has 0 amide bonds. The normalized spacial score (nSPS) is 25.2. The van der Waals surface area contributed by atoms with Crippen LogP contribution in [0.3, 0.4) is 0 Å². The highest BCUT2D eigenvalue weighted by molar-refractivity contribution is 8.24. The molecule has 0 aliphatic carbocycles. The first-order chi connectivity index (χ1) is 5.89. The lowest BCUT2D eigenvalue weighted by atomic mass is 9.90. The van der Waals surface area contributed by atoms with Crippen LogP contribution in [0.5, 0.6) is 0 Å². The van der Waals surface area contributed by atoms with Crippen molar-refractivity contribution < 1.29 is 9.31 Å². The zero-order chi connectivity index (χ0) is 10.1. The molecule has 1 fully saturated rings. The lowest BCUT2D eigenvalue weighted by Crippen LogP contribution is -2.41. The van der Waals surface area contributed by atoms with Crippen molar-refractivity contribution in [3.63, 3.8) is 0 Å². The van der Waals surface area contributed by atoms with Gasteiger partial charge in [-0.25, -0.2) is 0 Å². The summed E-state index contributed by atoms with van der Waals surface area (Å²) in [6.07, 6.45) is 1.08. The molecule has 0 radical (unpaired) electrons. The summed E-state index contributed by atoms with van der Waals surface area (Å²) in [4.78, 5) is 0. The van der Waals surface area contributed by atoms with Gasteiger partial charge in [0.1, 0.15) is 0 Å². The van der Waals surface area contributed by atoms with Crippen molar-refractivity contribution in [2.75, 3.05) is 5.75 Å². The average Bonchev–Trinajstić information content (AvgIpc) is 2.17. The van der Waals surface area contributed by atoms with E-state index in [0.29, 0.717) is 0 Å². The minimum absolute atomic E-state index is 0.0788. The Balaban J connectivity index is 2.50. The van der Waals surface area contributed by atoms with E-state index in [0.717, 1.165) is 12.2 Å². The molecule has 1 saturated heterocycles. The van der Waals surface area contributed by atoms with Crippen molar-refractivity contribution >= 4 is 18.0 Å². The molecule has 0 saturated carbocycles. The van der Waals surface area contributed by atoms with E-state index >= 15 is 0 Å². The molecule has 0 aromatic rings. The second-order valence-corrected chi connectivity index (χ2v) is 5.54. The smallest absolute Gasteiger partial charge is 0.394 e. The van der Waals surface area contributed by atoms with Crippen LogP contribution in [-0.2, 0) is 9.31 Å². The summed E-state index contributed by atoms with van der Waals surface area (Å²) in [5, 5.41) is 0. The number of hydrogen-bond donors (Lipinski definition) is 0. The predicted molar refractivity (Wildman–Crippen MR) is 58.8 cm³/mol. The second-order valence-electron chi connectivity index (χ2n) is 4.42. The first kappa shape index (κ1) is 11.4. The van der Waals surface area contributed by atoms with Crippen molar-refractivity contribution in [2.24, 2.45) is 0 Å². The highest BCUT2D eigenvalue weighted by Gasteiger charge is 2.51. The van der Waals surface area contributed by atoms with E-state index in [9.17, 15) is 0 Å². The maximum absolute atomic E-state index is 5.81. The first-order valence-corrected chi connectivity index (χ1v) is 5.91. The zero-order valence-electron chi connectivity index (χ0n) is 9.22. The fourth-order valence-electron chi connectivity index (χ4n) is 1.07. The van der Waals surface area contributed by atoms with E-state index in [1.54, 1.807) is 11.6 Å². The van der Waals surface area contributed by atoms with Crippen molar-refractivity contribution in [3.05, 3.63) is 0 Å². The molecule has 0 N–H and O–H groups in total. The van der Waals surface area contributed by atoms with E-state index in [-0.39, 0.29) is 17.6 Å². The third-order valence-electron chi connectivity index (χ3n) is 2.69. The van der Waals surface area contributed by atoms with Gasteiger partial charge in [0, 0.05) is 0 Å². The van der Waals surface area contributed by atoms with E-state index in [1.165, 1.54) is 0 Å². The fraction of sp³-hybridized carbons (Fsp3) is 1.00. The molecule has 0 aromatic heterocycles. The third kappa shape index (κ3) is 2.42. The van der Waals surface area contributed by atoms with Crippen molar-refractivity contribution in [1.29, 1.82) is 0 Å². The van der Waals surface area contributed by atoms with Crippen LogP contribution in [-0.4, -0.2) is 23.4 Å². The monoisotopic (exact) mass is 202 g/mol. The maximum atomic E-state index is 5.81. The van der Waals surface area contributed by atoms with Crippen LogP contribution in [0.2, 0.25) is 0 Å². The summed E-state index contributed by atoms with van der Waals surface area (Å²) in [7, 11) is 0. The Kier molecular flexibility index (Phi) is 3.36. The van der Waals surface area contributed by atoms with Crippen LogP contribution in [0.25, 0.3) is 0 Å². The summed E-state index contributed by atoms with van der Waals surface area (Å²) >= 11 is 1.74. The van der Waals surface area contributed by atoms with Crippen molar-refractivity contribution in [2.45, 2.75) is 52.2 Å². The van der Waals surface area contributed by atoms with Crippen LogP contribution in [0.15, 0.2) is 0 Å². The van der Waals surface area contributed by atoms with Crippen LogP contribution in [0.1, 0.15) is 41.0 Å². The first-order valence-electron chi connectivity index (χ1n) is 4.86. The minimum Gasteiger partial charge on any atom is -0.394 e. The SMILES string of the molecule is CCCSB1OC(C)(C)C(C)(C)O1. The lowest BCUT2D eigenvalue weighted by Gasteiger charge is -2.32. The van der Waals surface area contributed by atoms with Gasteiger partial charge in [0.25, 0.3) is 0 Å². The Bertz CT molecular complexity index is 166. The molecule has 76 valence electrons. The van der Waals surface area contributed by atoms with Gasteiger partial charge in [-0.05, 0) is 39.9 Å². The quantitative estimate of drug-likeness (QED) is 0.655. The van der Waals surface area contributed by atoms with Gasteiger partial charge in [0.05, 0.1) is 11.2 Å². The number of rotatable bonds is 3. The Hall–Kier alpha value is 0.335. The molecule has 0 bridgehead atoms. The summed E-state index contributed by atoms with van der Waals surface area (Å²) in [5.41, 5.74) is -0.364. The lowest BCUT2D eigenvalue weighted by molar-refractivity contribution is 0.00578. The third-order valence-corrected chi connectivity index (χ3v) is 3.80. The van der Waals surface area contributed by atoms with Gasteiger partial charge in [0.2, 0.25) is 0 Å². The van der Waals surface area contributed by atoms with Gasteiger partial charge >= 0.3 is 6.40 Å². The average molecular weight is 202 g/mol. The summed E-state index contributed by atoms with van der Waals surface area (Å²) < 4.78 is 11.6. The molecule has 0 atom stereocenters. The van der Waals surface area contributed by atoms with Gasteiger partial charge in [0.15, 0.2) is 0 Å². The molecule has 13 heavy (non-hydrogen) atoms. The van der Waals surface area contributed by atoms with Gasteiger partial charge in [-0.1, -0.05) is 6.92 Å². The minimum atomic E-state index is -0.182. The van der Waals surface area contributed by atoms with E-state index < -0.39 is 0 Å². The summed E-state index contributed by atoms with van der Waals surface area (Å²) in [6, 6.07) is 0. The molecule has 0 spiro atoms. The van der Waals surface area contributed by atoms with Crippen LogP contribution in [0.4, 0.5) is 0 Å². The Morgan fingerprint density at radius 3 is 1.92 bits per heavy atom. The van der Waals surface area contributed by atoms with Gasteiger partial charge in [-0.15, -0.1) is 11.6 Å². The molecule has 4 heteroatoms. The van der Waals surface area contributed by atoms with Crippen LogP contribution < -0.4 is 0 Å². The molecule has 1 heterocycles. The zero-order valence-corrected chi connectivity index (χ0v) is 10.0. The van der Waals surface area contributed by atoms with E-state index in [1.807, 2.05) is 0 Å². The van der Waals surface area contributed by atoms with Crippen LogP contribution >= 0.6 is 11.6 Å². The van der Waals surface area contributed by atoms with Gasteiger partial charge in [-0.2, -0.15) is 0 Å². The van der Waals surface area contributed by atoms with Gasteiger partial charge < -0.3 is 9.31 Å². The second kappa shape index (κ2) is 3.83. The summed E-state index contributed by atoms with van der Waals surface area (Å²) in [6.45, 7) is 10.5. The van der Waals surface area contributed by atoms with E-state index in [2.05, 4.69) is 34.6 Å². The fourth-order valence-corrected chi connectivity index (χ4v) is 2.12. The highest BCUT2D eigenvalue weighted by atomic mass is 32.2. The highest BCUT2D eigenvalue weighted by Crippen LogP contribution is 2.39. The number of hydrogen-bond acceptors (Lipinski definition) is 3. The largest absolute Gasteiger partial charge is 0.532 e. The molecule has 2 nitrogen and oxygen atoms in total. The molecule has 1 aliphatic heterocycles. The molecule has 0 aromatic carbocycles. The Morgan fingerprint density at radius 2 is 1.54 bits per heavy atom. The topological polar surface area (TPSA) is 18.5 Å². The molecular formula is C9H19BO2S. The molecule has 0 unspecified atom stereocenters. The van der Waals surface area contributed by atoms with E-state index in [4.69, 9.17) is 9.31 Å². The molecule has 1 aliphatic rings. The van der Waals surface area contributed by atoms with Crippen LogP contribution in [0, 0.1) is 0 Å². The maximum Gasteiger partial charge on any atom is 0.532 e. The van der Waals surface area contributed by atoms with Crippen molar-refractivity contribution in [1.82, 2.24) is 0 Å². The molecular weight excluding hydrogens is 183 g/mol. The Labute approximate surface area is 85.8 Å².